The smallest absolute Gasteiger partial charge is 0.251 e. The molecule has 2 aliphatic rings. The number of hydrogen-bond acceptors (Lipinski definition) is 2. The summed E-state index contributed by atoms with van der Waals surface area (Å²) in [5.41, 5.74) is 4.21. The average Bonchev–Trinajstić information content (AvgIpc) is 3.04. The Labute approximate surface area is 186 Å². The van der Waals surface area contributed by atoms with Crippen LogP contribution in [0.2, 0.25) is 0 Å². The lowest BCUT2D eigenvalue weighted by Gasteiger charge is -2.37. The van der Waals surface area contributed by atoms with Gasteiger partial charge in [-0.2, -0.15) is 0 Å². The van der Waals surface area contributed by atoms with Crippen LogP contribution < -0.4 is 5.32 Å². The molecular weight excluding hydrogens is 440 g/mol. The number of nitrogens with zero attached hydrogens (tertiary/aromatic N) is 1. The first-order valence-electron chi connectivity index (χ1n) is 10.7. The zero-order valence-corrected chi connectivity index (χ0v) is 18.8. The van der Waals surface area contributed by atoms with E-state index in [2.05, 4.69) is 26.1 Å². The van der Waals surface area contributed by atoms with E-state index in [0.717, 1.165) is 41.3 Å². The molecule has 2 heterocycles. The van der Waals surface area contributed by atoms with Gasteiger partial charge in [-0.25, -0.2) is 0 Å². The van der Waals surface area contributed by atoms with Gasteiger partial charge in [0, 0.05) is 28.7 Å². The fourth-order valence-corrected chi connectivity index (χ4v) is 5.29. The summed E-state index contributed by atoms with van der Waals surface area (Å²) >= 11 is 3.81. The van der Waals surface area contributed by atoms with Crippen LogP contribution in [0, 0.1) is 0 Å². The van der Waals surface area contributed by atoms with Crippen molar-refractivity contribution in [3.05, 3.63) is 76.9 Å². The predicted octanol–water partition coefficient (Wildman–Crippen LogP) is 4.94. The molecule has 156 valence electrons. The van der Waals surface area contributed by atoms with Crippen LogP contribution in [-0.4, -0.2) is 35.3 Å². The van der Waals surface area contributed by atoms with E-state index in [1.165, 1.54) is 5.57 Å². The van der Waals surface area contributed by atoms with Gasteiger partial charge in [-0.3, -0.25) is 9.59 Å². The maximum absolute atomic E-state index is 13.0. The van der Waals surface area contributed by atoms with Gasteiger partial charge in [0.2, 0.25) is 5.91 Å². The number of fused-ring (bicyclic) bond motifs is 2. The van der Waals surface area contributed by atoms with Crippen LogP contribution in [0.25, 0.3) is 4.48 Å². The molecule has 2 saturated heterocycles. The Morgan fingerprint density at radius 2 is 1.57 bits per heavy atom. The summed E-state index contributed by atoms with van der Waals surface area (Å²) < 4.78 is 1.11. The van der Waals surface area contributed by atoms with E-state index in [9.17, 15) is 9.59 Å². The molecule has 4 rings (SSSR count). The van der Waals surface area contributed by atoms with Gasteiger partial charge in [-0.15, -0.1) is 0 Å². The molecule has 1 N–H and O–H groups in total. The third-order valence-electron chi connectivity index (χ3n) is 6.12. The number of benzene rings is 2. The van der Waals surface area contributed by atoms with Crippen LogP contribution in [0.1, 0.15) is 54.1 Å². The normalized spacial score (nSPS) is 20.2. The van der Waals surface area contributed by atoms with Crippen molar-refractivity contribution in [1.82, 2.24) is 10.2 Å². The molecule has 2 unspecified atom stereocenters. The molecule has 0 saturated carbocycles. The summed E-state index contributed by atoms with van der Waals surface area (Å²) in [5, 5.41) is 2.83. The number of carbonyl (C=O) groups excluding carboxylic acids is 2. The zero-order chi connectivity index (χ0) is 21.1. The molecule has 4 nitrogen and oxygen atoms in total. The Kier molecular flexibility index (Phi) is 6.38. The van der Waals surface area contributed by atoms with E-state index in [1.54, 1.807) is 0 Å². The lowest BCUT2D eigenvalue weighted by atomic mass is 9.93. The highest BCUT2D eigenvalue weighted by Gasteiger charge is 2.41. The van der Waals surface area contributed by atoms with Gasteiger partial charge in [-0.05, 0) is 55.9 Å². The highest BCUT2D eigenvalue weighted by molar-refractivity contribution is 9.15. The van der Waals surface area contributed by atoms with Crippen molar-refractivity contribution in [3.63, 3.8) is 0 Å². The molecule has 0 spiro atoms. The Bertz CT molecular complexity index is 937. The van der Waals surface area contributed by atoms with Gasteiger partial charge in [-0.1, -0.05) is 64.0 Å². The molecule has 2 fully saturated rings. The topological polar surface area (TPSA) is 49.4 Å². The number of halogens is 1. The van der Waals surface area contributed by atoms with Crippen LogP contribution in [-0.2, 0) is 11.2 Å². The third kappa shape index (κ3) is 4.36. The molecule has 0 aromatic heterocycles. The summed E-state index contributed by atoms with van der Waals surface area (Å²) in [6, 6.07) is 18.3. The second kappa shape index (κ2) is 9.17. The van der Waals surface area contributed by atoms with Gasteiger partial charge in [0.25, 0.3) is 5.91 Å². The molecule has 2 bridgehead atoms. The lowest BCUT2D eigenvalue weighted by Crippen LogP contribution is -2.45. The van der Waals surface area contributed by atoms with E-state index in [0.29, 0.717) is 18.5 Å². The van der Waals surface area contributed by atoms with Crippen LogP contribution in [0.3, 0.4) is 0 Å². The van der Waals surface area contributed by atoms with Crippen molar-refractivity contribution in [2.75, 3.05) is 6.54 Å². The molecule has 0 radical (unpaired) electrons. The highest BCUT2D eigenvalue weighted by Crippen LogP contribution is 2.43. The number of piperidine rings is 1. The number of rotatable bonds is 5. The van der Waals surface area contributed by atoms with Gasteiger partial charge in [0.15, 0.2) is 0 Å². The second-order valence-electron chi connectivity index (χ2n) is 8.11. The third-order valence-corrected chi connectivity index (χ3v) is 7.14. The number of nitrogens with one attached hydrogen (secondary N) is 1. The average molecular weight is 467 g/mol. The molecule has 0 aliphatic carbocycles. The maximum Gasteiger partial charge on any atom is 0.251 e. The lowest BCUT2D eigenvalue weighted by molar-refractivity contribution is -0.134. The zero-order valence-electron chi connectivity index (χ0n) is 17.2. The molecule has 2 aromatic rings. The molecule has 5 heteroatoms. The van der Waals surface area contributed by atoms with Crippen molar-refractivity contribution < 1.29 is 9.59 Å². The molecular formula is C25H27BrN2O2. The molecule has 2 atom stereocenters. The van der Waals surface area contributed by atoms with E-state index in [1.807, 2.05) is 61.5 Å². The standard InChI is InChI=1S/C25H27BrN2O2/c1-2-27-25(30)19-10-8-18(9-11-19)24(26)20-15-21-12-13-22(16-20)28(21)23(29)14-17-6-4-3-5-7-17/h3-11,21-22H,2,12-16H2,1H3,(H,27,30). The first-order valence-corrected chi connectivity index (χ1v) is 11.5. The largest absolute Gasteiger partial charge is 0.352 e. The van der Waals surface area contributed by atoms with Gasteiger partial charge < -0.3 is 10.2 Å². The minimum Gasteiger partial charge on any atom is -0.352 e. The summed E-state index contributed by atoms with van der Waals surface area (Å²) in [6.45, 7) is 2.54. The summed E-state index contributed by atoms with van der Waals surface area (Å²) in [5.74, 6) is 0.200. The highest BCUT2D eigenvalue weighted by atomic mass is 79.9. The number of hydrogen-bond donors (Lipinski definition) is 1. The van der Waals surface area contributed by atoms with Crippen molar-refractivity contribution >= 4 is 32.2 Å². The van der Waals surface area contributed by atoms with Gasteiger partial charge >= 0.3 is 0 Å². The Hall–Kier alpha value is -2.40. The van der Waals surface area contributed by atoms with Crippen molar-refractivity contribution in [2.45, 2.75) is 51.1 Å². The monoisotopic (exact) mass is 466 g/mol. The minimum atomic E-state index is -0.0453. The number of carbonyl (C=O) groups is 2. The van der Waals surface area contributed by atoms with Crippen LogP contribution in [0.4, 0.5) is 0 Å². The summed E-state index contributed by atoms with van der Waals surface area (Å²) in [4.78, 5) is 27.1. The molecule has 2 aromatic carbocycles. The first-order chi connectivity index (χ1) is 14.6. The number of amides is 2. The maximum atomic E-state index is 13.0. The second-order valence-corrected chi connectivity index (χ2v) is 8.90. The van der Waals surface area contributed by atoms with Crippen LogP contribution in [0.15, 0.2) is 60.2 Å². The van der Waals surface area contributed by atoms with Crippen molar-refractivity contribution in [3.8, 4) is 0 Å². The van der Waals surface area contributed by atoms with E-state index in [4.69, 9.17) is 0 Å². The van der Waals surface area contributed by atoms with Gasteiger partial charge in [0.1, 0.15) is 0 Å². The quantitative estimate of drug-likeness (QED) is 0.678. The minimum absolute atomic E-state index is 0.0453. The Morgan fingerprint density at radius 3 is 2.17 bits per heavy atom. The predicted molar refractivity (Wildman–Crippen MR) is 123 cm³/mol. The van der Waals surface area contributed by atoms with Crippen molar-refractivity contribution in [1.29, 1.82) is 0 Å². The van der Waals surface area contributed by atoms with E-state index >= 15 is 0 Å². The first kappa shape index (κ1) is 20.9. The van der Waals surface area contributed by atoms with Crippen LogP contribution in [0.5, 0.6) is 0 Å². The Balaban J connectivity index is 1.47. The van der Waals surface area contributed by atoms with E-state index < -0.39 is 0 Å². The summed E-state index contributed by atoms with van der Waals surface area (Å²) in [6.07, 6.45) is 4.46. The fraction of sp³-hybridized carbons (Fsp3) is 0.360. The molecule has 2 aliphatic heterocycles. The SMILES string of the molecule is CCNC(=O)c1ccc(C(Br)=C2CC3CCC(C2)N3C(=O)Cc2ccccc2)cc1. The van der Waals surface area contributed by atoms with Gasteiger partial charge in [0.05, 0.1) is 6.42 Å². The molecule has 2 amide bonds. The fourth-order valence-electron chi connectivity index (χ4n) is 4.70. The molecule has 30 heavy (non-hydrogen) atoms. The van der Waals surface area contributed by atoms with E-state index in [-0.39, 0.29) is 23.9 Å². The summed E-state index contributed by atoms with van der Waals surface area (Å²) in [7, 11) is 0. The van der Waals surface area contributed by atoms with Crippen molar-refractivity contribution in [2.24, 2.45) is 0 Å². The van der Waals surface area contributed by atoms with Crippen LogP contribution >= 0.6 is 15.9 Å². The Morgan fingerprint density at radius 1 is 0.967 bits per heavy atom.